The number of rotatable bonds is 4. The molecule has 1 fully saturated rings. The largest absolute Gasteiger partial charge is 0.460 e. The van der Waals surface area contributed by atoms with Gasteiger partial charge in [0.05, 0.1) is 0 Å². The molecule has 0 bridgehead atoms. The van der Waals surface area contributed by atoms with Crippen molar-refractivity contribution >= 4 is 34.3 Å². The van der Waals surface area contributed by atoms with Crippen LogP contribution in [0.3, 0.4) is 0 Å². The van der Waals surface area contributed by atoms with E-state index in [1.165, 1.54) is 0 Å². The molecule has 3 nitrogen and oxygen atoms in total. The number of ketones is 1. The maximum Gasteiger partial charge on any atom is 0.320 e. The van der Waals surface area contributed by atoms with Crippen LogP contribution in [0.4, 0.5) is 0 Å². The Bertz CT molecular complexity index is 458. The van der Waals surface area contributed by atoms with Gasteiger partial charge >= 0.3 is 5.97 Å². The van der Waals surface area contributed by atoms with Gasteiger partial charge in [-0.3, -0.25) is 9.59 Å². The number of carbonyl (C=O) groups excluding carboxylic acids is 2. The van der Waals surface area contributed by atoms with E-state index >= 15 is 0 Å². The number of ether oxygens (including phenoxy) is 1. The van der Waals surface area contributed by atoms with Gasteiger partial charge in [-0.15, -0.1) is 0 Å². The molecular weight excluding hydrogens is 355 g/mol. The molecule has 0 radical (unpaired) electrons. The smallest absolute Gasteiger partial charge is 0.320 e. The summed E-state index contributed by atoms with van der Waals surface area (Å²) >= 11 is 2.12. The van der Waals surface area contributed by atoms with Crippen molar-refractivity contribution in [3.8, 4) is 0 Å². The zero-order valence-electron chi connectivity index (χ0n) is 10.7. The Labute approximate surface area is 126 Å². The first kappa shape index (κ1) is 14.5. The van der Waals surface area contributed by atoms with E-state index < -0.39 is 5.41 Å². The Morgan fingerprint density at radius 1 is 1.26 bits per heavy atom. The highest BCUT2D eigenvalue weighted by Crippen LogP contribution is 2.36. The second kappa shape index (κ2) is 6.50. The second-order valence-electron chi connectivity index (χ2n) is 4.91. The highest BCUT2D eigenvalue weighted by molar-refractivity contribution is 14.1. The molecule has 102 valence electrons. The third-order valence-electron chi connectivity index (χ3n) is 3.62. The first-order valence-corrected chi connectivity index (χ1v) is 8.02. The highest BCUT2D eigenvalue weighted by atomic mass is 127. The Balaban J connectivity index is 2.03. The molecule has 0 spiro atoms. The topological polar surface area (TPSA) is 43.4 Å². The lowest BCUT2D eigenvalue weighted by atomic mass is 9.74. The molecule has 0 N–H and O–H groups in total. The summed E-state index contributed by atoms with van der Waals surface area (Å²) in [6.07, 6.45) is 2.95. The molecule has 1 aliphatic carbocycles. The minimum Gasteiger partial charge on any atom is -0.460 e. The van der Waals surface area contributed by atoms with Crippen LogP contribution in [-0.2, 0) is 20.9 Å². The number of benzene rings is 1. The molecule has 4 heteroatoms. The molecule has 1 atom stereocenters. The summed E-state index contributed by atoms with van der Waals surface area (Å²) in [4.78, 5) is 24.4. The fraction of sp³-hybridized carbons (Fsp3) is 0.467. The summed E-state index contributed by atoms with van der Waals surface area (Å²) in [5, 5.41) is 0. The van der Waals surface area contributed by atoms with Crippen molar-refractivity contribution < 1.29 is 14.3 Å². The maximum absolute atomic E-state index is 12.3. The third-order valence-corrected chi connectivity index (χ3v) is 4.92. The lowest BCUT2D eigenvalue weighted by Crippen LogP contribution is -2.44. The summed E-state index contributed by atoms with van der Waals surface area (Å²) in [6, 6.07) is 9.55. The average molecular weight is 372 g/mol. The van der Waals surface area contributed by atoms with Gasteiger partial charge in [-0.1, -0.05) is 59.3 Å². The predicted octanol–water partition coefficient (Wildman–Crippen LogP) is 3.29. The highest BCUT2D eigenvalue weighted by Gasteiger charge is 2.47. The van der Waals surface area contributed by atoms with Gasteiger partial charge in [0, 0.05) is 10.8 Å². The van der Waals surface area contributed by atoms with Crippen LogP contribution in [0.5, 0.6) is 0 Å². The standard InChI is InChI=1S/C15H17IO3/c16-11-15(9-5-4-8-13(15)17)14(18)19-10-12-6-2-1-3-7-12/h1-3,6-7H,4-5,8-11H2. The van der Waals surface area contributed by atoms with E-state index in [0.29, 0.717) is 17.3 Å². The molecule has 0 amide bonds. The first-order valence-electron chi connectivity index (χ1n) is 6.49. The monoisotopic (exact) mass is 372 g/mol. The third kappa shape index (κ3) is 3.16. The Hall–Kier alpha value is -0.910. The molecular formula is C15H17IO3. The minimum atomic E-state index is -0.895. The lowest BCUT2D eigenvalue weighted by Gasteiger charge is -2.31. The molecule has 19 heavy (non-hydrogen) atoms. The Morgan fingerprint density at radius 3 is 2.63 bits per heavy atom. The van der Waals surface area contributed by atoms with Crippen molar-refractivity contribution in [2.24, 2.45) is 5.41 Å². The first-order chi connectivity index (χ1) is 9.19. The van der Waals surface area contributed by atoms with Crippen molar-refractivity contribution in [2.45, 2.75) is 32.3 Å². The average Bonchev–Trinajstić information content (AvgIpc) is 2.46. The summed E-state index contributed by atoms with van der Waals surface area (Å²) in [6.45, 7) is 0.241. The van der Waals surface area contributed by atoms with Crippen LogP contribution in [0.25, 0.3) is 0 Å². The van der Waals surface area contributed by atoms with Crippen LogP contribution in [0.1, 0.15) is 31.2 Å². The van der Waals surface area contributed by atoms with E-state index in [0.717, 1.165) is 18.4 Å². The normalized spacial score (nSPS) is 23.1. The van der Waals surface area contributed by atoms with E-state index in [1.54, 1.807) is 0 Å². The van der Waals surface area contributed by atoms with Crippen molar-refractivity contribution in [1.82, 2.24) is 0 Å². The van der Waals surface area contributed by atoms with Gasteiger partial charge < -0.3 is 4.74 Å². The van der Waals surface area contributed by atoms with Crippen LogP contribution in [-0.4, -0.2) is 16.2 Å². The van der Waals surface area contributed by atoms with E-state index in [4.69, 9.17) is 4.74 Å². The van der Waals surface area contributed by atoms with Crippen molar-refractivity contribution in [1.29, 1.82) is 0 Å². The molecule has 2 rings (SSSR count). The maximum atomic E-state index is 12.3. The SMILES string of the molecule is O=C1CCCCC1(CI)C(=O)OCc1ccccc1. The molecule has 0 aromatic heterocycles. The van der Waals surface area contributed by atoms with Gasteiger partial charge in [-0.2, -0.15) is 0 Å². The predicted molar refractivity (Wildman–Crippen MR) is 81.0 cm³/mol. The second-order valence-corrected chi connectivity index (χ2v) is 5.67. The minimum absolute atomic E-state index is 0.0474. The van der Waals surface area contributed by atoms with Crippen LogP contribution >= 0.6 is 22.6 Å². The van der Waals surface area contributed by atoms with Crippen molar-refractivity contribution in [3.05, 3.63) is 35.9 Å². The number of hydrogen-bond donors (Lipinski definition) is 0. The fourth-order valence-electron chi connectivity index (χ4n) is 2.36. The number of hydrogen-bond acceptors (Lipinski definition) is 3. The van der Waals surface area contributed by atoms with Crippen LogP contribution in [0.15, 0.2) is 30.3 Å². The number of Topliss-reactive ketones (excluding diaryl/α,β-unsaturated/α-hetero) is 1. The summed E-state index contributed by atoms with van der Waals surface area (Å²) < 4.78 is 5.88. The fourth-order valence-corrected chi connectivity index (χ4v) is 3.48. The van der Waals surface area contributed by atoms with Gasteiger partial charge in [0.1, 0.15) is 12.0 Å². The lowest BCUT2D eigenvalue weighted by molar-refractivity contribution is -0.161. The van der Waals surface area contributed by atoms with Crippen LogP contribution in [0.2, 0.25) is 0 Å². The van der Waals surface area contributed by atoms with E-state index in [-0.39, 0.29) is 18.4 Å². The molecule has 0 saturated heterocycles. The number of esters is 1. The molecule has 0 aliphatic heterocycles. The van der Waals surface area contributed by atoms with Gasteiger partial charge in [-0.05, 0) is 18.4 Å². The molecule has 1 unspecified atom stereocenters. The van der Waals surface area contributed by atoms with Crippen LogP contribution in [0, 0.1) is 5.41 Å². The van der Waals surface area contributed by atoms with Gasteiger partial charge in [0.25, 0.3) is 0 Å². The summed E-state index contributed by atoms with van der Waals surface area (Å²) in [7, 11) is 0. The van der Waals surface area contributed by atoms with E-state index in [9.17, 15) is 9.59 Å². The Morgan fingerprint density at radius 2 is 2.00 bits per heavy atom. The van der Waals surface area contributed by atoms with Crippen molar-refractivity contribution in [3.63, 3.8) is 0 Å². The van der Waals surface area contributed by atoms with Gasteiger partial charge in [-0.25, -0.2) is 0 Å². The van der Waals surface area contributed by atoms with E-state index in [1.807, 2.05) is 30.3 Å². The molecule has 1 aromatic carbocycles. The van der Waals surface area contributed by atoms with Crippen molar-refractivity contribution in [2.75, 3.05) is 4.43 Å². The zero-order chi connectivity index (χ0) is 13.7. The summed E-state index contributed by atoms with van der Waals surface area (Å²) in [5.41, 5.74) is 0.0517. The Kier molecular flexibility index (Phi) is 4.96. The quantitative estimate of drug-likeness (QED) is 0.353. The number of carbonyl (C=O) groups is 2. The number of alkyl halides is 1. The van der Waals surface area contributed by atoms with Crippen LogP contribution < -0.4 is 0 Å². The van der Waals surface area contributed by atoms with Gasteiger partial charge in [0.2, 0.25) is 0 Å². The molecule has 0 heterocycles. The number of halogens is 1. The van der Waals surface area contributed by atoms with E-state index in [2.05, 4.69) is 22.6 Å². The molecule has 1 saturated carbocycles. The zero-order valence-corrected chi connectivity index (χ0v) is 12.9. The van der Waals surface area contributed by atoms with Gasteiger partial charge in [0.15, 0.2) is 5.78 Å². The molecule has 1 aliphatic rings. The summed E-state index contributed by atoms with van der Waals surface area (Å²) in [5.74, 6) is -0.304. The molecule has 1 aromatic rings.